The second kappa shape index (κ2) is 5.15. The molecule has 110 valence electrons. The monoisotopic (exact) mass is 299 g/mol. The molecule has 0 saturated heterocycles. The van der Waals surface area contributed by atoms with E-state index in [1.165, 1.54) is 45.7 Å². The van der Waals surface area contributed by atoms with Gasteiger partial charge in [0.15, 0.2) is 0 Å². The highest BCUT2D eigenvalue weighted by molar-refractivity contribution is 7.12. The molecule has 0 bridgehead atoms. The fraction of sp³-hybridized carbons (Fsp3) is 0.444. The summed E-state index contributed by atoms with van der Waals surface area (Å²) in [5.41, 5.74) is 4.22. The molecule has 1 aliphatic carbocycles. The third-order valence-corrected chi connectivity index (χ3v) is 6.14. The summed E-state index contributed by atoms with van der Waals surface area (Å²) in [5.74, 6) is 0.826. The lowest BCUT2D eigenvalue weighted by Gasteiger charge is -2.37. The van der Waals surface area contributed by atoms with Crippen molar-refractivity contribution in [2.24, 2.45) is 0 Å². The maximum atomic E-state index is 9.90. The van der Waals surface area contributed by atoms with Crippen molar-refractivity contribution in [1.29, 1.82) is 0 Å². The maximum Gasteiger partial charge on any atom is 0.115 e. The normalized spacial score (nSPS) is 23.3. The Labute approximate surface area is 129 Å². The van der Waals surface area contributed by atoms with Crippen molar-refractivity contribution in [3.05, 3.63) is 50.7 Å². The van der Waals surface area contributed by atoms with E-state index in [0.717, 1.165) is 13.0 Å². The van der Waals surface area contributed by atoms with Gasteiger partial charge in [0, 0.05) is 28.3 Å². The highest BCUT2D eigenvalue weighted by Crippen LogP contribution is 2.45. The number of benzene rings is 1. The molecular weight excluding hydrogens is 278 g/mol. The molecule has 1 aromatic heterocycles. The third kappa shape index (κ3) is 2.19. The average Bonchev–Trinajstić information content (AvgIpc) is 2.89. The first-order chi connectivity index (χ1) is 10.3. The van der Waals surface area contributed by atoms with Crippen molar-refractivity contribution in [3.8, 4) is 5.75 Å². The smallest absolute Gasteiger partial charge is 0.115 e. The standard InChI is InChI=1S/C18H21NOS/c1-2-3-14-8-12-10-19-16-7-5-11-4-6-13(20)9-15(11)17(16)18(12)21-14/h4,6,8-9,16-17,19-20H,2-3,5,7,10H2,1H3. The van der Waals surface area contributed by atoms with Crippen LogP contribution in [0.15, 0.2) is 24.3 Å². The Morgan fingerprint density at radius 3 is 3.05 bits per heavy atom. The highest BCUT2D eigenvalue weighted by Gasteiger charge is 2.36. The van der Waals surface area contributed by atoms with Crippen molar-refractivity contribution in [1.82, 2.24) is 5.32 Å². The van der Waals surface area contributed by atoms with Crippen LogP contribution in [0.4, 0.5) is 0 Å². The lowest BCUT2D eigenvalue weighted by molar-refractivity contribution is 0.396. The zero-order chi connectivity index (χ0) is 14.4. The van der Waals surface area contributed by atoms with Gasteiger partial charge in [-0.25, -0.2) is 0 Å². The molecule has 0 fully saturated rings. The number of phenols is 1. The topological polar surface area (TPSA) is 32.3 Å². The van der Waals surface area contributed by atoms with Crippen molar-refractivity contribution >= 4 is 11.3 Å². The molecule has 2 nitrogen and oxygen atoms in total. The summed E-state index contributed by atoms with van der Waals surface area (Å²) in [5, 5.41) is 13.6. The predicted molar refractivity (Wildman–Crippen MR) is 87.2 cm³/mol. The summed E-state index contributed by atoms with van der Waals surface area (Å²) in [7, 11) is 0. The molecule has 2 atom stereocenters. The van der Waals surface area contributed by atoms with E-state index in [0.29, 0.717) is 17.7 Å². The second-order valence-electron chi connectivity index (χ2n) is 6.24. The van der Waals surface area contributed by atoms with Crippen LogP contribution in [0, 0.1) is 0 Å². The van der Waals surface area contributed by atoms with E-state index in [-0.39, 0.29) is 0 Å². The van der Waals surface area contributed by atoms with Crippen LogP contribution in [0.1, 0.15) is 52.1 Å². The molecule has 0 saturated carbocycles. The van der Waals surface area contributed by atoms with E-state index in [1.807, 2.05) is 23.5 Å². The van der Waals surface area contributed by atoms with Gasteiger partial charge in [0.05, 0.1) is 0 Å². The van der Waals surface area contributed by atoms with Gasteiger partial charge in [-0.15, -0.1) is 11.3 Å². The van der Waals surface area contributed by atoms with Gasteiger partial charge in [-0.3, -0.25) is 0 Å². The van der Waals surface area contributed by atoms with Crippen molar-refractivity contribution in [2.75, 3.05) is 0 Å². The van der Waals surface area contributed by atoms with Crippen LogP contribution in [0.2, 0.25) is 0 Å². The first-order valence-corrected chi connectivity index (χ1v) is 8.74. The number of nitrogens with one attached hydrogen (secondary N) is 1. The van der Waals surface area contributed by atoms with Gasteiger partial charge in [-0.2, -0.15) is 0 Å². The first kappa shape index (κ1) is 13.4. The number of thiophene rings is 1. The molecule has 1 aliphatic heterocycles. The molecular formula is C18H21NOS. The SMILES string of the molecule is CCCc1cc2c(s1)C1c3cc(O)ccc3CCC1NC2. The Balaban J connectivity index is 1.82. The van der Waals surface area contributed by atoms with Crippen LogP contribution in [-0.4, -0.2) is 11.1 Å². The molecule has 2 N–H and O–H groups in total. The third-order valence-electron chi connectivity index (χ3n) is 4.82. The number of aryl methyl sites for hydroxylation is 2. The number of phenolic OH excluding ortho intramolecular Hbond substituents is 1. The molecule has 1 aromatic carbocycles. The molecule has 2 aliphatic rings. The molecule has 0 amide bonds. The number of hydrogen-bond donors (Lipinski definition) is 2. The maximum absolute atomic E-state index is 9.90. The van der Waals surface area contributed by atoms with Gasteiger partial charge < -0.3 is 10.4 Å². The van der Waals surface area contributed by atoms with Crippen LogP contribution >= 0.6 is 11.3 Å². The van der Waals surface area contributed by atoms with Crippen LogP contribution in [0.3, 0.4) is 0 Å². The first-order valence-electron chi connectivity index (χ1n) is 7.93. The van der Waals surface area contributed by atoms with Crippen LogP contribution in [0.25, 0.3) is 0 Å². The summed E-state index contributed by atoms with van der Waals surface area (Å²) in [6.07, 6.45) is 4.70. The van der Waals surface area contributed by atoms with E-state index in [9.17, 15) is 5.11 Å². The zero-order valence-corrected chi connectivity index (χ0v) is 13.2. The molecule has 2 unspecified atom stereocenters. The Morgan fingerprint density at radius 1 is 1.29 bits per heavy atom. The Morgan fingerprint density at radius 2 is 2.19 bits per heavy atom. The minimum atomic E-state index is 0.395. The summed E-state index contributed by atoms with van der Waals surface area (Å²) < 4.78 is 0. The summed E-state index contributed by atoms with van der Waals surface area (Å²) in [4.78, 5) is 3.05. The van der Waals surface area contributed by atoms with E-state index in [1.54, 1.807) is 0 Å². The molecule has 2 aromatic rings. The minimum Gasteiger partial charge on any atom is -0.508 e. The quantitative estimate of drug-likeness (QED) is 0.880. The van der Waals surface area contributed by atoms with Gasteiger partial charge >= 0.3 is 0 Å². The second-order valence-corrected chi connectivity index (χ2v) is 7.41. The average molecular weight is 299 g/mol. The lowest BCUT2D eigenvalue weighted by atomic mass is 9.76. The number of rotatable bonds is 2. The lowest BCUT2D eigenvalue weighted by Crippen LogP contribution is -2.41. The van der Waals surface area contributed by atoms with E-state index < -0.39 is 0 Å². The molecule has 2 heterocycles. The van der Waals surface area contributed by atoms with Gasteiger partial charge in [0.1, 0.15) is 5.75 Å². The largest absolute Gasteiger partial charge is 0.508 e. The molecule has 0 radical (unpaired) electrons. The molecule has 0 spiro atoms. The van der Waals surface area contributed by atoms with Crippen molar-refractivity contribution in [3.63, 3.8) is 0 Å². The summed E-state index contributed by atoms with van der Waals surface area (Å²) in [6, 6.07) is 8.84. The minimum absolute atomic E-state index is 0.395. The highest BCUT2D eigenvalue weighted by atomic mass is 32.1. The molecule has 4 rings (SSSR count). The molecule has 21 heavy (non-hydrogen) atoms. The fourth-order valence-corrected chi connectivity index (χ4v) is 5.32. The van der Waals surface area contributed by atoms with Gasteiger partial charge in [0.25, 0.3) is 0 Å². The summed E-state index contributed by atoms with van der Waals surface area (Å²) >= 11 is 1.99. The number of aromatic hydroxyl groups is 1. The number of hydrogen-bond acceptors (Lipinski definition) is 3. The van der Waals surface area contributed by atoms with Crippen LogP contribution in [0.5, 0.6) is 5.75 Å². The van der Waals surface area contributed by atoms with E-state index in [4.69, 9.17) is 0 Å². The Kier molecular flexibility index (Phi) is 3.27. The van der Waals surface area contributed by atoms with E-state index in [2.05, 4.69) is 24.4 Å². The Bertz CT molecular complexity index is 676. The van der Waals surface area contributed by atoms with Gasteiger partial charge in [-0.1, -0.05) is 19.4 Å². The Hall–Kier alpha value is -1.32. The summed E-state index contributed by atoms with van der Waals surface area (Å²) in [6.45, 7) is 3.25. The number of fused-ring (bicyclic) bond motifs is 5. The fourth-order valence-electron chi connectivity index (χ4n) is 3.85. The van der Waals surface area contributed by atoms with E-state index >= 15 is 0 Å². The van der Waals surface area contributed by atoms with Crippen LogP contribution in [-0.2, 0) is 19.4 Å². The van der Waals surface area contributed by atoms with Gasteiger partial charge in [-0.05, 0) is 54.2 Å². The van der Waals surface area contributed by atoms with Crippen molar-refractivity contribution in [2.45, 2.75) is 51.1 Å². The zero-order valence-electron chi connectivity index (χ0n) is 12.4. The van der Waals surface area contributed by atoms with Gasteiger partial charge in [0.2, 0.25) is 0 Å². The predicted octanol–water partition coefficient (Wildman–Crippen LogP) is 3.96. The van der Waals surface area contributed by atoms with Crippen LogP contribution < -0.4 is 5.32 Å². The van der Waals surface area contributed by atoms with Crippen molar-refractivity contribution < 1.29 is 5.11 Å². The molecule has 3 heteroatoms.